The van der Waals surface area contributed by atoms with E-state index in [0.717, 1.165) is 49.0 Å². The molecule has 0 saturated heterocycles. The maximum absolute atomic E-state index is 5.72. The summed E-state index contributed by atoms with van der Waals surface area (Å²) in [7, 11) is 0. The smallest absolute Gasteiger partial charge is 0.134 e. The number of hydrogen-bond donors (Lipinski definition) is 2. The first-order chi connectivity index (χ1) is 9.93. The highest BCUT2D eigenvalue weighted by Gasteiger charge is 2.19. The van der Waals surface area contributed by atoms with Gasteiger partial charge in [-0.2, -0.15) is 0 Å². The van der Waals surface area contributed by atoms with E-state index in [-0.39, 0.29) is 5.60 Å². The molecule has 0 unspecified atom stereocenters. The largest absolute Gasteiger partial charge is 0.374 e. The fourth-order valence-corrected chi connectivity index (χ4v) is 2.15. The Kier molecular flexibility index (Phi) is 6.89. The standard InChI is InChI=1S/C16H30N4O/c1-7-10-13-19-14(17-8-2)12(4)15(20-13)18-11-16(5,6)21-9-3/h7-11H2,1-6H3,(H2,17,18,19,20). The summed E-state index contributed by atoms with van der Waals surface area (Å²) in [6.45, 7) is 14.7. The Morgan fingerprint density at radius 1 is 1.05 bits per heavy atom. The Hall–Kier alpha value is -1.36. The molecule has 0 aliphatic rings. The second kappa shape index (κ2) is 8.17. The van der Waals surface area contributed by atoms with Crippen molar-refractivity contribution in [3.63, 3.8) is 0 Å². The van der Waals surface area contributed by atoms with Crippen molar-refractivity contribution in [3.05, 3.63) is 11.4 Å². The summed E-state index contributed by atoms with van der Waals surface area (Å²) in [5.41, 5.74) is 0.846. The van der Waals surface area contributed by atoms with E-state index >= 15 is 0 Å². The Morgan fingerprint density at radius 2 is 1.67 bits per heavy atom. The minimum atomic E-state index is -0.213. The predicted molar refractivity (Wildman–Crippen MR) is 89.1 cm³/mol. The molecular formula is C16H30N4O. The Labute approximate surface area is 128 Å². The van der Waals surface area contributed by atoms with Crippen LogP contribution in [0.15, 0.2) is 0 Å². The molecule has 0 amide bonds. The van der Waals surface area contributed by atoms with Crippen molar-refractivity contribution in [3.8, 4) is 0 Å². The summed E-state index contributed by atoms with van der Waals surface area (Å²) in [6.07, 6.45) is 1.93. The van der Waals surface area contributed by atoms with Crippen LogP contribution in [0.4, 0.5) is 11.6 Å². The second-order valence-corrected chi connectivity index (χ2v) is 5.79. The van der Waals surface area contributed by atoms with Gasteiger partial charge in [0.2, 0.25) is 0 Å². The van der Waals surface area contributed by atoms with E-state index in [1.165, 1.54) is 0 Å². The van der Waals surface area contributed by atoms with Gasteiger partial charge in [0.05, 0.1) is 5.60 Å². The second-order valence-electron chi connectivity index (χ2n) is 5.79. The topological polar surface area (TPSA) is 59.1 Å². The van der Waals surface area contributed by atoms with E-state index in [1.54, 1.807) is 0 Å². The third-order valence-electron chi connectivity index (χ3n) is 3.23. The number of aryl methyl sites for hydroxylation is 1. The van der Waals surface area contributed by atoms with E-state index in [1.807, 2.05) is 13.8 Å². The SMILES string of the molecule is CCCc1nc(NCC)c(C)c(NCC(C)(C)OCC)n1. The van der Waals surface area contributed by atoms with Crippen molar-refractivity contribution in [1.82, 2.24) is 9.97 Å². The molecule has 0 bridgehead atoms. The first kappa shape index (κ1) is 17.7. The quantitative estimate of drug-likeness (QED) is 0.731. The van der Waals surface area contributed by atoms with E-state index < -0.39 is 0 Å². The minimum absolute atomic E-state index is 0.213. The van der Waals surface area contributed by atoms with Gasteiger partial charge in [-0.05, 0) is 41.0 Å². The Bertz CT molecular complexity index is 446. The average molecular weight is 294 g/mol. The summed E-state index contributed by atoms with van der Waals surface area (Å²) in [5.74, 6) is 2.71. The molecule has 0 spiro atoms. The van der Waals surface area contributed by atoms with Crippen molar-refractivity contribution < 1.29 is 4.74 Å². The average Bonchev–Trinajstić information content (AvgIpc) is 2.41. The normalized spacial score (nSPS) is 11.5. The van der Waals surface area contributed by atoms with Crippen LogP contribution in [0.3, 0.4) is 0 Å². The molecule has 0 saturated carbocycles. The van der Waals surface area contributed by atoms with Gasteiger partial charge in [0.1, 0.15) is 17.5 Å². The molecule has 5 nitrogen and oxygen atoms in total. The summed E-state index contributed by atoms with van der Waals surface area (Å²) in [6, 6.07) is 0. The van der Waals surface area contributed by atoms with E-state index in [4.69, 9.17) is 4.74 Å². The number of rotatable bonds is 9. The van der Waals surface area contributed by atoms with E-state index in [0.29, 0.717) is 6.61 Å². The lowest BCUT2D eigenvalue weighted by atomic mass is 10.1. The Balaban J connectivity index is 2.93. The van der Waals surface area contributed by atoms with Crippen LogP contribution in [0.2, 0.25) is 0 Å². The van der Waals surface area contributed by atoms with Crippen molar-refractivity contribution in [2.45, 2.75) is 60.0 Å². The van der Waals surface area contributed by atoms with Crippen LogP contribution in [0.1, 0.15) is 52.4 Å². The van der Waals surface area contributed by atoms with Gasteiger partial charge in [-0.1, -0.05) is 6.92 Å². The molecule has 0 radical (unpaired) electrons. The number of hydrogen-bond acceptors (Lipinski definition) is 5. The van der Waals surface area contributed by atoms with Crippen LogP contribution < -0.4 is 10.6 Å². The molecule has 1 rings (SSSR count). The number of nitrogens with one attached hydrogen (secondary N) is 2. The zero-order valence-electron chi connectivity index (χ0n) is 14.3. The highest BCUT2D eigenvalue weighted by Crippen LogP contribution is 2.21. The van der Waals surface area contributed by atoms with Crippen molar-refractivity contribution in [2.75, 3.05) is 30.3 Å². The van der Waals surface area contributed by atoms with Gasteiger partial charge in [-0.3, -0.25) is 0 Å². The molecule has 0 atom stereocenters. The number of aromatic nitrogens is 2. The van der Waals surface area contributed by atoms with Gasteiger partial charge >= 0.3 is 0 Å². The molecular weight excluding hydrogens is 264 g/mol. The molecule has 21 heavy (non-hydrogen) atoms. The van der Waals surface area contributed by atoms with Crippen LogP contribution in [0.25, 0.3) is 0 Å². The molecule has 1 aromatic heterocycles. The zero-order valence-corrected chi connectivity index (χ0v) is 14.3. The van der Waals surface area contributed by atoms with Crippen LogP contribution in [0, 0.1) is 6.92 Å². The monoisotopic (exact) mass is 294 g/mol. The van der Waals surface area contributed by atoms with Crippen molar-refractivity contribution in [1.29, 1.82) is 0 Å². The maximum Gasteiger partial charge on any atom is 0.134 e. The first-order valence-electron chi connectivity index (χ1n) is 7.92. The van der Waals surface area contributed by atoms with Crippen LogP contribution in [0.5, 0.6) is 0 Å². The minimum Gasteiger partial charge on any atom is -0.374 e. The summed E-state index contributed by atoms with van der Waals surface area (Å²) >= 11 is 0. The zero-order chi connectivity index (χ0) is 15.9. The van der Waals surface area contributed by atoms with Crippen LogP contribution >= 0.6 is 0 Å². The van der Waals surface area contributed by atoms with Crippen LogP contribution in [-0.2, 0) is 11.2 Å². The molecule has 120 valence electrons. The van der Waals surface area contributed by atoms with Crippen LogP contribution in [-0.4, -0.2) is 35.3 Å². The molecule has 1 heterocycles. The van der Waals surface area contributed by atoms with Crippen molar-refractivity contribution >= 4 is 11.6 Å². The molecule has 0 aliphatic carbocycles. The molecule has 0 aliphatic heterocycles. The fraction of sp³-hybridized carbons (Fsp3) is 0.750. The highest BCUT2D eigenvalue weighted by atomic mass is 16.5. The predicted octanol–water partition coefficient (Wildman–Crippen LogP) is 3.40. The fourth-order valence-electron chi connectivity index (χ4n) is 2.15. The molecule has 5 heteroatoms. The van der Waals surface area contributed by atoms with E-state index in [2.05, 4.69) is 48.3 Å². The van der Waals surface area contributed by atoms with Crippen molar-refractivity contribution in [2.24, 2.45) is 0 Å². The lowest BCUT2D eigenvalue weighted by Crippen LogP contribution is -2.34. The van der Waals surface area contributed by atoms with Gasteiger partial charge in [-0.15, -0.1) is 0 Å². The first-order valence-corrected chi connectivity index (χ1v) is 7.92. The highest BCUT2D eigenvalue weighted by molar-refractivity contribution is 5.57. The summed E-state index contributed by atoms with van der Waals surface area (Å²) < 4.78 is 5.72. The molecule has 2 N–H and O–H groups in total. The molecule has 0 fully saturated rings. The lowest BCUT2D eigenvalue weighted by molar-refractivity contribution is 0.000631. The van der Waals surface area contributed by atoms with Gasteiger partial charge in [0.15, 0.2) is 0 Å². The van der Waals surface area contributed by atoms with Gasteiger partial charge in [0, 0.05) is 31.7 Å². The lowest BCUT2D eigenvalue weighted by Gasteiger charge is -2.26. The third-order valence-corrected chi connectivity index (χ3v) is 3.23. The van der Waals surface area contributed by atoms with Gasteiger partial charge in [0.25, 0.3) is 0 Å². The number of anilines is 2. The maximum atomic E-state index is 5.72. The summed E-state index contributed by atoms with van der Waals surface area (Å²) in [4.78, 5) is 9.25. The molecule has 0 aromatic carbocycles. The van der Waals surface area contributed by atoms with Gasteiger partial charge < -0.3 is 15.4 Å². The Morgan fingerprint density at radius 3 is 2.19 bits per heavy atom. The number of ether oxygens (including phenoxy) is 1. The van der Waals surface area contributed by atoms with Gasteiger partial charge in [-0.25, -0.2) is 9.97 Å². The molecule has 1 aromatic rings. The summed E-state index contributed by atoms with van der Waals surface area (Å²) in [5, 5.41) is 6.73. The third kappa shape index (κ3) is 5.50. The number of nitrogens with zero attached hydrogens (tertiary/aromatic N) is 2. The van der Waals surface area contributed by atoms with E-state index in [9.17, 15) is 0 Å².